The van der Waals surface area contributed by atoms with Crippen LogP contribution in [0.2, 0.25) is 0 Å². The van der Waals surface area contributed by atoms with Crippen LogP contribution in [0.1, 0.15) is 33.0 Å². The molecule has 1 rings (SSSR count). The van der Waals surface area contributed by atoms with Crippen molar-refractivity contribution in [3.05, 3.63) is 5.82 Å². The number of rotatable bonds is 4. The molecule has 0 unspecified atom stereocenters. The second-order valence-corrected chi connectivity index (χ2v) is 3.79. The van der Waals surface area contributed by atoms with Crippen molar-refractivity contribution in [3.63, 3.8) is 0 Å². The molecule has 1 heterocycles. The summed E-state index contributed by atoms with van der Waals surface area (Å²) in [5.74, 6) is 0.740. The third-order valence-electron chi connectivity index (χ3n) is 2.16. The van der Waals surface area contributed by atoms with E-state index in [0.29, 0.717) is 6.54 Å². The average Bonchev–Trinajstić information content (AvgIpc) is 2.48. The van der Waals surface area contributed by atoms with E-state index in [1.54, 1.807) is 7.05 Å². The van der Waals surface area contributed by atoms with E-state index >= 15 is 0 Å². The van der Waals surface area contributed by atoms with Gasteiger partial charge in [-0.3, -0.25) is 0 Å². The summed E-state index contributed by atoms with van der Waals surface area (Å²) in [7, 11) is 1.77. The molecule has 0 atom stereocenters. The fraction of sp³-hybridized carbons (Fsp3) is 0.875. The molecule has 5 heteroatoms. The van der Waals surface area contributed by atoms with Gasteiger partial charge >= 0.3 is 0 Å². The molecule has 0 amide bonds. The fourth-order valence-corrected chi connectivity index (χ4v) is 0.837. The van der Waals surface area contributed by atoms with Crippen molar-refractivity contribution in [3.8, 4) is 0 Å². The smallest absolute Gasteiger partial charge is 0.188 e. The lowest BCUT2D eigenvalue weighted by atomic mass is 10.0. The highest BCUT2D eigenvalue weighted by Crippen LogP contribution is 2.06. The lowest BCUT2D eigenvalue weighted by molar-refractivity contribution is 0.369. The van der Waals surface area contributed by atoms with Crippen molar-refractivity contribution in [2.75, 3.05) is 0 Å². The van der Waals surface area contributed by atoms with Crippen molar-refractivity contribution < 1.29 is 0 Å². The highest BCUT2D eigenvalue weighted by atomic mass is 15.6. The number of nitrogens with zero attached hydrogens (tertiary/aromatic N) is 4. The monoisotopic (exact) mass is 183 g/mol. The van der Waals surface area contributed by atoms with Gasteiger partial charge in [0.1, 0.15) is 0 Å². The van der Waals surface area contributed by atoms with Gasteiger partial charge in [-0.2, -0.15) is 4.80 Å². The molecular weight excluding hydrogens is 166 g/mol. The number of aryl methyl sites for hydroxylation is 1. The highest BCUT2D eigenvalue weighted by molar-refractivity contribution is 4.81. The summed E-state index contributed by atoms with van der Waals surface area (Å²) in [6.07, 6.45) is 1.08. The Balaban J connectivity index is 2.43. The standard InChI is InChI=1S/C8H17N5/c1-5-8(2,3)9-6-7-10-12-13(4)11-7/h9H,5-6H2,1-4H3. The molecule has 0 spiro atoms. The number of nitrogens with one attached hydrogen (secondary N) is 1. The minimum absolute atomic E-state index is 0.138. The average molecular weight is 183 g/mol. The van der Waals surface area contributed by atoms with E-state index < -0.39 is 0 Å². The maximum absolute atomic E-state index is 4.08. The van der Waals surface area contributed by atoms with Crippen molar-refractivity contribution in [1.29, 1.82) is 0 Å². The lowest BCUT2D eigenvalue weighted by Crippen LogP contribution is -2.38. The van der Waals surface area contributed by atoms with Crippen LogP contribution in [-0.2, 0) is 13.6 Å². The molecule has 0 saturated carbocycles. The molecule has 0 aliphatic rings. The zero-order valence-electron chi connectivity index (χ0n) is 8.70. The first-order chi connectivity index (χ1) is 6.03. The van der Waals surface area contributed by atoms with E-state index in [9.17, 15) is 0 Å². The van der Waals surface area contributed by atoms with Crippen LogP contribution in [0, 0.1) is 0 Å². The van der Waals surface area contributed by atoms with Gasteiger partial charge in [-0.05, 0) is 25.5 Å². The lowest BCUT2D eigenvalue weighted by Gasteiger charge is -2.23. The maximum Gasteiger partial charge on any atom is 0.188 e. The van der Waals surface area contributed by atoms with Crippen molar-refractivity contribution in [2.45, 2.75) is 39.3 Å². The molecular formula is C8H17N5. The summed E-state index contributed by atoms with van der Waals surface area (Å²) < 4.78 is 0. The molecule has 5 nitrogen and oxygen atoms in total. The van der Waals surface area contributed by atoms with E-state index in [1.165, 1.54) is 4.80 Å². The van der Waals surface area contributed by atoms with Crippen LogP contribution in [0.3, 0.4) is 0 Å². The van der Waals surface area contributed by atoms with Gasteiger partial charge in [-0.15, -0.1) is 10.2 Å². The molecule has 1 N–H and O–H groups in total. The van der Waals surface area contributed by atoms with Crippen molar-refractivity contribution in [2.24, 2.45) is 7.05 Å². The zero-order valence-corrected chi connectivity index (χ0v) is 8.70. The van der Waals surface area contributed by atoms with Gasteiger partial charge in [-0.1, -0.05) is 6.92 Å². The number of tetrazole rings is 1. The fourth-order valence-electron chi connectivity index (χ4n) is 0.837. The zero-order chi connectivity index (χ0) is 9.90. The molecule has 1 aromatic heterocycles. The van der Waals surface area contributed by atoms with Crippen LogP contribution in [0.15, 0.2) is 0 Å². The predicted molar refractivity (Wildman–Crippen MR) is 50.0 cm³/mol. The predicted octanol–water partition coefficient (Wildman–Crippen LogP) is 0.488. The summed E-state index contributed by atoms with van der Waals surface area (Å²) in [5, 5.41) is 15.1. The van der Waals surface area contributed by atoms with Crippen LogP contribution in [0.5, 0.6) is 0 Å². The van der Waals surface area contributed by atoms with E-state index in [-0.39, 0.29) is 5.54 Å². The second-order valence-electron chi connectivity index (χ2n) is 3.79. The molecule has 0 radical (unpaired) electrons. The molecule has 0 bridgehead atoms. The van der Waals surface area contributed by atoms with Gasteiger partial charge in [0.25, 0.3) is 0 Å². The summed E-state index contributed by atoms with van der Waals surface area (Å²) in [6.45, 7) is 7.14. The minimum Gasteiger partial charge on any atom is -0.305 e. The quantitative estimate of drug-likeness (QED) is 0.738. The number of hydrogen-bond donors (Lipinski definition) is 1. The first-order valence-electron chi connectivity index (χ1n) is 4.51. The second kappa shape index (κ2) is 3.83. The summed E-state index contributed by atoms with van der Waals surface area (Å²) in [4.78, 5) is 1.47. The van der Waals surface area contributed by atoms with Gasteiger partial charge in [-0.25, -0.2) is 0 Å². The van der Waals surface area contributed by atoms with E-state index in [4.69, 9.17) is 0 Å². The van der Waals surface area contributed by atoms with Crippen LogP contribution >= 0.6 is 0 Å². The summed E-state index contributed by atoms with van der Waals surface area (Å²) in [5.41, 5.74) is 0.138. The van der Waals surface area contributed by atoms with Crippen LogP contribution in [0.4, 0.5) is 0 Å². The van der Waals surface area contributed by atoms with E-state index in [2.05, 4.69) is 41.5 Å². The highest BCUT2D eigenvalue weighted by Gasteiger charge is 2.14. The Labute approximate surface area is 78.5 Å². The maximum atomic E-state index is 4.08. The molecule has 0 aliphatic carbocycles. The van der Waals surface area contributed by atoms with Gasteiger partial charge in [0, 0.05) is 5.54 Å². The van der Waals surface area contributed by atoms with Crippen LogP contribution < -0.4 is 5.32 Å². The van der Waals surface area contributed by atoms with Gasteiger partial charge < -0.3 is 5.32 Å². The number of aromatic nitrogens is 4. The first-order valence-corrected chi connectivity index (χ1v) is 4.51. The Kier molecular flexibility index (Phi) is 2.98. The molecule has 74 valence electrons. The Bertz CT molecular complexity index is 265. The molecule has 1 aromatic rings. The summed E-state index contributed by atoms with van der Waals surface area (Å²) >= 11 is 0. The minimum atomic E-state index is 0.138. The van der Waals surface area contributed by atoms with Crippen molar-refractivity contribution in [1.82, 2.24) is 25.5 Å². The molecule has 0 fully saturated rings. The van der Waals surface area contributed by atoms with Crippen LogP contribution in [-0.4, -0.2) is 25.7 Å². The Morgan fingerprint density at radius 3 is 2.62 bits per heavy atom. The van der Waals surface area contributed by atoms with Crippen molar-refractivity contribution >= 4 is 0 Å². The first kappa shape index (κ1) is 10.1. The Morgan fingerprint density at radius 2 is 2.15 bits per heavy atom. The third kappa shape index (κ3) is 3.10. The Morgan fingerprint density at radius 1 is 1.46 bits per heavy atom. The normalized spacial score (nSPS) is 12.0. The Hall–Kier alpha value is -0.970. The van der Waals surface area contributed by atoms with E-state index in [0.717, 1.165) is 12.2 Å². The van der Waals surface area contributed by atoms with Gasteiger partial charge in [0.15, 0.2) is 5.82 Å². The van der Waals surface area contributed by atoms with Gasteiger partial charge in [0.05, 0.1) is 13.6 Å². The molecule has 0 saturated heterocycles. The third-order valence-corrected chi connectivity index (χ3v) is 2.16. The van der Waals surface area contributed by atoms with E-state index in [1.807, 2.05) is 0 Å². The molecule has 13 heavy (non-hydrogen) atoms. The largest absolute Gasteiger partial charge is 0.305 e. The molecule has 0 aliphatic heterocycles. The topological polar surface area (TPSA) is 55.6 Å². The summed E-state index contributed by atoms with van der Waals surface area (Å²) in [6, 6.07) is 0. The van der Waals surface area contributed by atoms with Gasteiger partial charge in [0.2, 0.25) is 0 Å². The number of hydrogen-bond acceptors (Lipinski definition) is 4. The molecule has 0 aromatic carbocycles. The SMILES string of the molecule is CCC(C)(C)NCc1nnn(C)n1. The van der Waals surface area contributed by atoms with Crippen LogP contribution in [0.25, 0.3) is 0 Å².